The van der Waals surface area contributed by atoms with Crippen molar-refractivity contribution in [3.05, 3.63) is 28.9 Å². The first-order valence-electron chi connectivity index (χ1n) is 5.55. The summed E-state index contributed by atoms with van der Waals surface area (Å²) >= 11 is 0. The fourth-order valence-electron chi connectivity index (χ4n) is 2.09. The average Bonchev–Trinajstić information content (AvgIpc) is 2.52. The van der Waals surface area contributed by atoms with E-state index in [1.807, 2.05) is 0 Å². The Morgan fingerprint density at radius 2 is 2.29 bits per heavy atom. The van der Waals surface area contributed by atoms with Crippen molar-refractivity contribution in [1.82, 2.24) is 9.55 Å². The monoisotopic (exact) mass is 244 g/mol. The Bertz CT molecular complexity index is 461. The quantitative estimate of drug-likeness (QED) is 0.797. The zero-order valence-corrected chi connectivity index (χ0v) is 9.64. The summed E-state index contributed by atoms with van der Waals surface area (Å²) in [6, 6.07) is 1.44. The summed E-state index contributed by atoms with van der Waals surface area (Å²) in [6.07, 6.45) is 0.943. The lowest BCUT2D eigenvalue weighted by atomic mass is 9.98. The zero-order valence-electron chi connectivity index (χ0n) is 9.64. The second kappa shape index (κ2) is 4.18. The van der Waals surface area contributed by atoms with Crippen LogP contribution in [0.25, 0.3) is 0 Å². The molecule has 0 saturated carbocycles. The molecule has 2 rings (SSSR count). The minimum absolute atomic E-state index is 0.488. The molecule has 0 unspecified atom stereocenters. The van der Waals surface area contributed by atoms with Gasteiger partial charge in [-0.25, -0.2) is 18.6 Å². The van der Waals surface area contributed by atoms with Crippen molar-refractivity contribution in [2.45, 2.75) is 38.5 Å². The Morgan fingerprint density at radius 3 is 2.82 bits per heavy atom. The third-order valence-corrected chi connectivity index (χ3v) is 3.19. The first-order chi connectivity index (χ1) is 7.98. The van der Waals surface area contributed by atoms with E-state index in [0.29, 0.717) is 6.42 Å². The third kappa shape index (κ3) is 1.86. The highest BCUT2D eigenvalue weighted by Gasteiger charge is 2.57. The SMILES string of the molecule is CC[C@H]1O[C@@H](n2cccnc2=O)C(F)(F)[C@@H]1C. The number of alkyl halides is 2. The van der Waals surface area contributed by atoms with Gasteiger partial charge in [0.2, 0.25) is 6.23 Å². The summed E-state index contributed by atoms with van der Waals surface area (Å²) in [7, 11) is 0. The number of hydrogen-bond donors (Lipinski definition) is 0. The number of aromatic nitrogens is 2. The van der Waals surface area contributed by atoms with Crippen LogP contribution in [0.5, 0.6) is 0 Å². The predicted octanol–water partition coefficient (Wildman–Crippen LogP) is 1.82. The molecular weight excluding hydrogens is 230 g/mol. The van der Waals surface area contributed by atoms with Crippen LogP contribution in [0.3, 0.4) is 0 Å². The van der Waals surface area contributed by atoms with E-state index in [-0.39, 0.29) is 0 Å². The molecule has 1 aliphatic heterocycles. The maximum atomic E-state index is 14.0. The third-order valence-electron chi connectivity index (χ3n) is 3.19. The fourth-order valence-corrected chi connectivity index (χ4v) is 2.09. The van der Waals surface area contributed by atoms with E-state index in [4.69, 9.17) is 4.74 Å². The Labute approximate surface area is 97.2 Å². The minimum Gasteiger partial charge on any atom is -0.348 e. The molecule has 17 heavy (non-hydrogen) atoms. The summed E-state index contributed by atoms with van der Waals surface area (Å²) in [6.45, 7) is 3.22. The van der Waals surface area contributed by atoms with Gasteiger partial charge in [0.25, 0.3) is 5.92 Å². The van der Waals surface area contributed by atoms with Gasteiger partial charge < -0.3 is 4.74 Å². The van der Waals surface area contributed by atoms with E-state index >= 15 is 0 Å². The maximum Gasteiger partial charge on any atom is 0.349 e. The predicted molar refractivity (Wildman–Crippen MR) is 56.8 cm³/mol. The molecule has 3 atom stereocenters. The van der Waals surface area contributed by atoms with E-state index in [1.165, 1.54) is 25.4 Å². The first kappa shape index (κ1) is 12.2. The summed E-state index contributed by atoms with van der Waals surface area (Å²) in [4.78, 5) is 14.9. The largest absolute Gasteiger partial charge is 0.349 e. The lowest BCUT2D eigenvalue weighted by molar-refractivity contribution is -0.125. The fraction of sp³-hybridized carbons (Fsp3) is 0.636. The van der Waals surface area contributed by atoms with Crippen molar-refractivity contribution in [1.29, 1.82) is 0 Å². The number of rotatable bonds is 2. The number of halogens is 2. The lowest BCUT2D eigenvalue weighted by Gasteiger charge is -2.21. The Kier molecular flexibility index (Phi) is 2.99. The second-order valence-corrected chi connectivity index (χ2v) is 4.21. The highest BCUT2D eigenvalue weighted by atomic mass is 19.3. The molecule has 1 fully saturated rings. The molecule has 0 radical (unpaired) electrons. The zero-order chi connectivity index (χ0) is 12.6. The molecule has 1 aromatic rings. The van der Waals surface area contributed by atoms with Crippen molar-refractivity contribution in [2.75, 3.05) is 0 Å². The van der Waals surface area contributed by atoms with Crippen molar-refractivity contribution >= 4 is 0 Å². The van der Waals surface area contributed by atoms with Crippen LogP contribution in [0, 0.1) is 5.92 Å². The van der Waals surface area contributed by atoms with Gasteiger partial charge in [0.05, 0.1) is 12.0 Å². The van der Waals surface area contributed by atoms with Gasteiger partial charge in [-0.2, -0.15) is 0 Å². The number of ether oxygens (including phenoxy) is 1. The van der Waals surface area contributed by atoms with E-state index in [1.54, 1.807) is 6.92 Å². The molecule has 6 heteroatoms. The Balaban J connectivity index is 2.41. The normalized spacial score (nSPS) is 31.6. The summed E-state index contributed by atoms with van der Waals surface area (Å²) in [5.41, 5.74) is -0.721. The van der Waals surface area contributed by atoms with Crippen LogP contribution in [0.15, 0.2) is 23.3 Å². The Hall–Kier alpha value is -1.30. The second-order valence-electron chi connectivity index (χ2n) is 4.21. The van der Waals surface area contributed by atoms with Gasteiger partial charge in [-0.05, 0) is 12.5 Å². The smallest absolute Gasteiger partial charge is 0.348 e. The van der Waals surface area contributed by atoms with E-state index in [2.05, 4.69) is 4.98 Å². The van der Waals surface area contributed by atoms with Crippen LogP contribution in [-0.4, -0.2) is 21.6 Å². The average molecular weight is 244 g/mol. The van der Waals surface area contributed by atoms with Gasteiger partial charge in [-0.1, -0.05) is 13.8 Å². The molecule has 1 aromatic heterocycles. The standard InChI is InChI=1S/C11H14F2N2O2/c1-3-8-7(2)11(12,13)9(17-8)15-6-4-5-14-10(15)16/h4-9H,3H2,1-2H3/t7-,8-,9-/m1/s1. The van der Waals surface area contributed by atoms with E-state index in [0.717, 1.165) is 4.57 Å². The molecule has 0 spiro atoms. The van der Waals surface area contributed by atoms with Gasteiger partial charge in [0.1, 0.15) is 0 Å². The van der Waals surface area contributed by atoms with Crippen molar-refractivity contribution in [3.8, 4) is 0 Å². The van der Waals surface area contributed by atoms with Crippen LogP contribution in [0.2, 0.25) is 0 Å². The molecule has 0 amide bonds. The molecule has 0 bridgehead atoms. The van der Waals surface area contributed by atoms with Crippen LogP contribution in [0.4, 0.5) is 8.78 Å². The maximum absolute atomic E-state index is 14.0. The molecule has 1 aliphatic rings. The van der Waals surface area contributed by atoms with Crippen molar-refractivity contribution < 1.29 is 13.5 Å². The van der Waals surface area contributed by atoms with Crippen molar-refractivity contribution in [3.63, 3.8) is 0 Å². The molecule has 94 valence electrons. The van der Waals surface area contributed by atoms with E-state index in [9.17, 15) is 13.6 Å². The van der Waals surface area contributed by atoms with Crippen LogP contribution in [-0.2, 0) is 4.74 Å². The van der Waals surface area contributed by atoms with Crippen LogP contribution < -0.4 is 5.69 Å². The molecular formula is C11H14F2N2O2. The molecule has 0 aliphatic carbocycles. The van der Waals surface area contributed by atoms with Crippen LogP contribution >= 0.6 is 0 Å². The highest BCUT2D eigenvalue weighted by Crippen LogP contribution is 2.46. The van der Waals surface area contributed by atoms with E-state index < -0.39 is 29.9 Å². The van der Waals surface area contributed by atoms with Gasteiger partial charge in [-0.3, -0.25) is 4.57 Å². The Morgan fingerprint density at radius 1 is 1.59 bits per heavy atom. The van der Waals surface area contributed by atoms with Gasteiger partial charge in [0, 0.05) is 12.4 Å². The topological polar surface area (TPSA) is 44.1 Å². The highest BCUT2D eigenvalue weighted by molar-refractivity contribution is 4.95. The number of nitrogens with zero attached hydrogens (tertiary/aromatic N) is 2. The molecule has 1 saturated heterocycles. The molecule has 2 heterocycles. The number of hydrogen-bond acceptors (Lipinski definition) is 3. The summed E-state index contributed by atoms with van der Waals surface area (Å²) in [5.74, 6) is -3.97. The van der Waals surface area contributed by atoms with Gasteiger partial charge in [-0.15, -0.1) is 0 Å². The summed E-state index contributed by atoms with van der Waals surface area (Å²) in [5, 5.41) is 0. The summed E-state index contributed by atoms with van der Waals surface area (Å²) < 4.78 is 34.1. The van der Waals surface area contributed by atoms with Crippen molar-refractivity contribution in [2.24, 2.45) is 5.92 Å². The minimum atomic E-state index is -3.06. The molecule has 0 aromatic carbocycles. The van der Waals surface area contributed by atoms with Gasteiger partial charge in [0.15, 0.2) is 0 Å². The van der Waals surface area contributed by atoms with Gasteiger partial charge >= 0.3 is 5.69 Å². The first-order valence-corrected chi connectivity index (χ1v) is 5.55. The molecule has 0 N–H and O–H groups in total. The van der Waals surface area contributed by atoms with Crippen LogP contribution in [0.1, 0.15) is 26.5 Å². The molecule has 4 nitrogen and oxygen atoms in total. The lowest BCUT2D eigenvalue weighted by Crippen LogP contribution is -2.37.